The van der Waals surface area contributed by atoms with Crippen LogP contribution in [0.5, 0.6) is 0 Å². The van der Waals surface area contributed by atoms with E-state index in [2.05, 4.69) is 10.1 Å². The zero-order chi connectivity index (χ0) is 17.9. The molecule has 7 heteroatoms. The van der Waals surface area contributed by atoms with Crippen LogP contribution in [0, 0.1) is 11.7 Å². The molecule has 26 heavy (non-hydrogen) atoms. The Morgan fingerprint density at radius 3 is 2.92 bits per heavy atom. The van der Waals surface area contributed by atoms with Crippen LogP contribution in [-0.2, 0) is 6.42 Å². The van der Waals surface area contributed by atoms with Gasteiger partial charge in [-0.1, -0.05) is 5.16 Å². The van der Waals surface area contributed by atoms with Crippen LogP contribution in [0.3, 0.4) is 0 Å². The predicted octanol–water partition coefficient (Wildman–Crippen LogP) is 4.03. The van der Waals surface area contributed by atoms with Gasteiger partial charge in [0.1, 0.15) is 5.82 Å². The Hall–Kier alpha value is -2.54. The largest absolute Gasteiger partial charge is 0.338 e. The molecule has 0 spiro atoms. The lowest BCUT2D eigenvalue weighted by atomic mass is 10.0. The van der Waals surface area contributed by atoms with Crippen LogP contribution in [-0.4, -0.2) is 34.0 Å². The zero-order valence-corrected chi connectivity index (χ0v) is 14.9. The Kier molecular flexibility index (Phi) is 4.79. The second-order valence-electron chi connectivity index (χ2n) is 6.48. The summed E-state index contributed by atoms with van der Waals surface area (Å²) in [5, 5.41) is 7.83. The average Bonchev–Trinajstić information content (AvgIpc) is 3.41. The standard InChI is InChI=1S/C19H18FN3O2S/c20-16-4-2-14(3-5-16)18-21-17(22-25-18)6-1-13-7-9-23(11-13)19(24)15-8-10-26-12-15/h2-5,8,10,12-13H,1,6-7,9,11H2. The molecule has 1 aromatic carbocycles. The van der Waals surface area contributed by atoms with E-state index in [0.29, 0.717) is 29.6 Å². The van der Waals surface area contributed by atoms with E-state index >= 15 is 0 Å². The molecule has 4 rings (SSSR count). The molecular formula is C19H18FN3O2S. The lowest BCUT2D eigenvalue weighted by Crippen LogP contribution is -2.28. The summed E-state index contributed by atoms with van der Waals surface area (Å²) in [6, 6.07) is 7.86. The van der Waals surface area contributed by atoms with Gasteiger partial charge in [0.05, 0.1) is 5.56 Å². The molecule has 1 fully saturated rings. The van der Waals surface area contributed by atoms with E-state index in [1.165, 1.54) is 12.1 Å². The van der Waals surface area contributed by atoms with E-state index in [1.54, 1.807) is 23.5 Å². The Morgan fingerprint density at radius 2 is 2.15 bits per heavy atom. The molecule has 3 heterocycles. The first-order chi connectivity index (χ1) is 12.7. The molecule has 0 saturated carbocycles. The summed E-state index contributed by atoms with van der Waals surface area (Å²) in [6.45, 7) is 1.57. The van der Waals surface area contributed by atoms with Gasteiger partial charge in [-0.3, -0.25) is 4.79 Å². The normalized spacial score (nSPS) is 17.0. The Balaban J connectivity index is 1.31. The van der Waals surface area contributed by atoms with Crippen LogP contribution in [0.15, 0.2) is 45.6 Å². The first-order valence-electron chi connectivity index (χ1n) is 8.59. The molecule has 1 aliphatic heterocycles. The van der Waals surface area contributed by atoms with Crippen LogP contribution in [0.25, 0.3) is 11.5 Å². The van der Waals surface area contributed by atoms with Crippen molar-refractivity contribution >= 4 is 17.2 Å². The minimum absolute atomic E-state index is 0.118. The molecule has 1 unspecified atom stereocenters. The van der Waals surface area contributed by atoms with Gasteiger partial charge in [0, 0.05) is 30.5 Å². The van der Waals surface area contributed by atoms with Crippen molar-refractivity contribution in [3.05, 3.63) is 58.3 Å². The summed E-state index contributed by atoms with van der Waals surface area (Å²) in [4.78, 5) is 18.7. The maximum Gasteiger partial charge on any atom is 0.257 e. The highest BCUT2D eigenvalue weighted by Crippen LogP contribution is 2.24. The number of aromatic nitrogens is 2. The van der Waals surface area contributed by atoms with Crippen LogP contribution in [0.2, 0.25) is 0 Å². The third-order valence-corrected chi connectivity index (χ3v) is 5.36. The first kappa shape index (κ1) is 16.9. The lowest BCUT2D eigenvalue weighted by Gasteiger charge is -2.15. The number of carbonyl (C=O) groups excluding carboxylic acids is 1. The fourth-order valence-corrected chi connectivity index (χ4v) is 3.85. The third-order valence-electron chi connectivity index (χ3n) is 4.68. The van der Waals surface area contributed by atoms with Crippen LogP contribution >= 0.6 is 11.3 Å². The molecule has 0 N–H and O–H groups in total. The van der Waals surface area contributed by atoms with E-state index in [0.717, 1.165) is 31.5 Å². The molecule has 1 saturated heterocycles. The number of likely N-dealkylation sites (tertiary alicyclic amines) is 1. The monoisotopic (exact) mass is 371 g/mol. The van der Waals surface area contributed by atoms with Crippen LogP contribution in [0.4, 0.5) is 4.39 Å². The van der Waals surface area contributed by atoms with Gasteiger partial charge in [-0.05, 0) is 54.5 Å². The number of aryl methyl sites for hydroxylation is 1. The number of halogens is 1. The SMILES string of the molecule is O=C(c1ccsc1)N1CCC(CCc2noc(-c3ccc(F)cc3)n2)C1. The number of carbonyl (C=O) groups is 1. The maximum atomic E-state index is 13.0. The Morgan fingerprint density at radius 1 is 1.31 bits per heavy atom. The highest BCUT2D eigenvalue weighted by Gasteiger charge is 2.27. The molecule has 1 amide bonds. The number of rotatable bonds is 5. The van der Waals surface area contributed by atoms with Gasteiger partial charge in [0.25, 0.3) is 11.8 Å². The number of amides is 1. The van der Waals surface area contributed by atoms with E-state index in [9.17, 15) is 9.18 Å². The van der Waals surface area contributed by atoms with Gasteiger partial charge in [-0.25, -0.2) is 4.39 Å². The molecule has 5 nitrogen and oxygen atoms in total. The first-order valence-corrected chi connectivity index (χ1v) is 9.53. The van der Waals surface area contributed by atoms with Crippen LogP contribution in [0.1, 0.15) is 29.0 Å². The Labute approximate surface area is 154 Å². The summed E-state index contributed by atoms with van der Waals surface area (Å²) in [7, 11) is 0. The number of hydrogen-bond acceptors (Lipinski definition) is 5. The van der Waals surface area contributed by atoms with E-state index in [1.807, 2.05) is 21.7 Å². The van der Waals surface area contributed by atoms with Gasteiger partial charge in [-0.2, -0.15) is 16.3 Å². The number of nitrogens with zero attached hydrogens (tertiary/aromatic N) is 3. The predicted molar refractivity (Wildman–Crippen MR) is 96.3 cm³/mol. The zero-order valence-electron chi connectivity index (χ0n) is 14.1. The van der Waals surface area contributed by atoms with Crippen LogP contribution < -0.4 is 0 Å². The molecule has 1 aliphatic rings. The fraction of sp³-hybridized carbons (Fsp3) is 0.316. The Bertz CT molecular complexity index is 877. The highest BCUT2D eigenvalue weighted by molar-refractivity contribution is 7.08. The summed E-state index contributed by atoms with van der Waals surface area (Å²) < 4.78 is 18.3. The summed E-state index contributed by atoms with van der Waals surface area (Å²) in [5.41, 5.74) is 1.48. The number of benzene rings is 1. The highest BCUT2D eigenvalue weighted by atomic mass is 32.1. The summed E-state index contributed by atoms with van der Waals surface area (Å²) >= 11 is 1.54. The molecule has 0 bridgehead atoms. The average molecular weight is 371 g/mol. The van der Waals surface area contributed by atoms with Crippen molar-refractivity contribution in [1.82, 2.24) is 15.0 Å². The minimum atomic E-state index is -0.295. The molecule has 3 aromatic rings. The topological polar surface area (TPSA) is 59.2 Å². The van der Waals surface area contributed by atoms with Crippen molar-refractivity contribution in [1.29, 1.82) is 0 Å². The van der Waals surface area contributed by atoms with E-state index in [4.69, 9.17) is 4.52 Å². The van der Waals surface area contributed by atoms with Crippen molar-refractivity contribution in [3.8, 4) is 11.5 Å². The quantitative estimate of drug-likeness (QED) is 0.679. The number of hydrogen-bond donors (Lipinski definition) is 0. The molecule has 0 aliphatic carbocycles. The van der Waals surface area contributed by atoms with Gasteiger partial charge < -0.3 is 9.42 Å². The summed E-state index contributed by atoms with van der Waals surface area (Å²) in [5.74, 6) is 1.32. The fourth-order valence-electron chi connectivity index (χ4n) is 3.22. The third kappa shape index (κ3) is 3.67. The van der Waals surface area contributed by atoms with E-state index in [-0.39, 0.29) is 11.7 Å². The molecule has 1 atom stereocenters. The van der Waals surface area contributed by atoms with Gasteiger partial charge in [-0.15, -0.1) is 0 Å². The number of thiophene rings is 1. The van der Waals surface area contributed by atoms with Crippen molar-refractivity contribution in [2.45, 2.75) is 19.3 Å². The molecule has 2 aromatic heterocycles. The van der Waals surface area contributed by atoms with Crippen molar-refractivity contribution in [2.75, 3.05) is 13.1 Å². The van der Waals surface area contributed by atoms with E-state index < -0.39 is 0 Å². The smallest absolute Gasteiger partial charge is 0.257 e. The second-order valence-corrected chi connectivity index (χ2v) is 7.26. The molecule has 134 valence electrons. The van der Waals surface area contributed by atoms with Gasteiger partial charge >= 0.3 is 0 Å². The van der Waals surface area contributed by atoms with Gasteiger partial charge in [0.2, 0.25) is 0 Å². The minimum Gasteiger partial charge on any atom is -0.338 e. The second kappa shape index (κ2) is 7.37. The van der Waals surface area contributed by atoms with Crippen molar-refractivity contribution in [2.24, 2.45) is 5.92 Å². The van der Waals surface area contributed by atoms with Gasteiger partial charge in [0.15, 0.2) is 5.82 Å². The molecule has 0 radical (unpaired) electrons. The molecular weight excluding hydrogens is 353 g/mol. The van der Waals surface area contributed by atoms with Crippen molar-refractivity contribution in [3.63, 3.8) is 0 Å². The lowest BCUT2D eigenvalue weighted by molar-refractivity contribution is 0.0787. The maximum absolute atomic E-state index is 13.0. The summed E-state index contributed by atoms with van der Waals surface area (Å²) in [6.07, 6.45) is 2.62. The van der Waals surface area contributed by atoms with Crippen molar-refractivity contribution < 1.29 is 13.7 Å².